The van der Waals surface area contributed by atoms with Crippen LogP contribution < -0.4 is 9.46 Å². The average Bonchev–Trinajstić information content (AvgIpc) is 3.10. The maximum atomic E-state index is 12.5. The standard InChI is InChI=1S/C15H15N5O3S/c1-2-23-14-6-8-15(9-7-14)24(21,22)17-12-4-3-5-13(10-12)20-11-16-18-19-20/h3-11,17H,2H2,1H3. The molecule has 1 N–H and O–H groups in total. The van der Waals surface area contributed by atoms with Gasteiger partial charge in [-0.25, -0.2) is 13.1 Å². The van der Waals surface area contributed by atoms with E-state index in [1.807, 2.05) is 6.92 Å². The third-order valence-electron chi connectivity index (χ3n) is 3.16. The molecule has 0 saturated heterocycles. The lowest BCUT2D eigenvalue weighted by molar-refractivity contribution is 0.340. The number of hydrogen-bond donors (Lipinski definition) is 1. The van der Waals surface area contributed by atoms with E-state index >= 15 is 0 Å². The Kier molecular flexibility index (Phi) is 4.43. The van der Waals surface area contributed by atoms with Crippen LogP contribution in [0.2, 0.25) is 0 Å². The second-order valence-corrected chi connectivity index (χ2v) is 6.50. The van der Waals surface area contributed by atoms with Crippen LogP contribution >= 0.6 is 0 Å². The first-order valence-corrected chi connectivity index (χ1v) is 8.66. The summed E-state index contributed by atoms with van der Waals surface area (Å²) in [7, 11) is -3.70. The monoisotopic (exact) mass is 345 g/mol. The van der Waals surface area contributed by atoms with Crippen molar-refractivity contribution in [1.29, 1.82) is 0 Å². The first-order valence-electron chi connectivity index (χ1n) is 7.17. The van der Waals surface area contributed by atoms with Gasteiger partial charge in [-0.05, 0) is 59.8 Å². The Balaban J connectivity index is 1.83. The molecule has 0 bridgehead atoms. The Labute approximate surface area is 139 Å². The molecule has 124 valence electrons. The second kappa shape index (κ2) is 6.67. The van der Waals surface area contributed by atoms with Crippen molar-refractivity contribution in [2.45, 2.75) is 11.8 Å². The molecule has 1 aromatic heterocycles. The van der Waals surface area contributed by atoms with Gasteiger partial charge in [0.05, 0.1) is 22.9 Å². The predicted octanol–water partition coefficient (Wildman–Crippen LogP) is 1.86. The Bertz CT molecular complexity index is 909. The molecule has 0 amide bonds. The van der Waals surface area contributed by atoms with Gasteiger partial charge in [0, 0.05) is 0 Å². The van der Waals surface area contributed by atoms with E-state index < -0.39 is 10.0 Å². The maximum absolute atomic E-state index is 12.5. The van der Waals surface area contributed by atoms with Gasteiger partial charge in [0.25, 0.3) is 10.0 Å². The fraction of sp³-hybridized carbons (Fsp3) is 0.133. The van der Waals surface area contributed by atoms with E-state index in [0.29, 0.717) is 23.7 Å². The van der Waals surface area contributed by atoms with Crippen LogP contribution in [-0.2, 0) is 10.0 Å². The van der Waals surface area contributed by atoms with Crippen LogP contribution in [0.5, 0.6) is 5.75 Å². The van der Waals surface area contributed by atoms with Crippen LogP contribution in [0.4, 0.5) is 5.69 Å². The third kappa shape index (κ3) is 3.51. The second-order valence-electron chi connectivity index (χ2n) is 4.81. The van der Waals surface area contributed by atoms with Crippen molar-refractivity contribution in [2.24, 2.45) is 0 Å². The van der Waals surface area contributed by atoms with Gasteiger partial charge in [-0.2, -0.15) is 0 Å². The molecule has 0 fully saturated rings. The van der Waals surface area contributed by atoms with Crippen molar-refractivity contribution >= 4 is 15.7 Å². The molecule has 8 nitrogen and oxygen atoms in total. The van der Waals surface area contributed by atoms with Gasteiger partial charge in [0.1, 0.15) is 12.1 Å². The highest BCUT2D eigenvalue weighted by Crippen LogP contribution is 2.20. The Morgan fingerprint density at radius 2 is 1.96 bits per heavy atom. The van der Waals surface area contributed by atoms with Crippen molar-refractivity contribution in [1.82, 2.24) is 20.2 Å². The topological polar surface area (TPSA) is 99.0 Å². The first-order chi connectivity index (χ1) is 11.6. The first kappa shape index (κ1) is 15.9. The number of ether oxygens (including phenoxy) is 1. The summed E-state index contributed by atoms with van der Waals surface area (Å²) in [5.41, 5.74) is 1.06. The molecule has 0 saturated carbocycles. The number of aromatic nitrogens is 4. The van der Waals surface area contributed by atoms with Crippen LogP contribution in [0.3, 0.4) is 0 Å². The molecule has 0 aliphatic heterocycles. The molecule has 24 heavy (non-hydrogen) atoms. The van der Waals surface area contributed by atoms with Crippen LogP contribution in [0.1, 0.15) is 6.92 Å². The quantitative estimate of drug-likeness (QED) is 0.732. The van der Waals surface area contributed by atoms with Crippen molar-refractivity contribution in [3.8, 4) is 11.4 Å². The van der Waals surface area contributed by atoms with E-state index in [-0.39, 0.29) is 4.90 Å². The minimum Gasteiger partial charge on any atom is -0.494 e. The van der Waals surface area contributed by atoms with Crippen molar-refractivity contribution in [2.75, 3.05) is 11.3 Å². The number of hydrogen-bond acceptors (Lipinski definition) is 6. The van der Waals surface area contributed by atoms with Gasteiger partial charge < -0.3 is 4.74 Å². The Morgan fingerprint density at radius 3 is 2.62 bits per heavy atom. The SMILES string of the molecule is CCOc1ccc(S(=O)(=O)Nc2cccc(-n3cnnn3)c2)cc1. The summed E-state index contributed by atoms with van der Waals surface area (Å²) >= 11 is 0. The Hall–Kier alpha value is -2.94. The molecule has 0 radical (unpaired) electrons. The van der Waals surface area contributed by atoms with Crippen molar-refractivity contribution in [3.05, 3.63) is 54.9 Å². The molecule has 0 unspecified atom stereocenters. The zero-order valence-electron chi connectivity index (χ0n) is 12.8. The molecule has 1 heterocycles. The summed E-state index contributed by atoms with van der Waals surface area (Å²) in [6.45, 7) is 2.39. The van der Waals surface area contributed by atoms with Gasteiger partial charge in [-0.15, -0.1) is 5.10 Å². The van der Waals surface area contributed by atoms with Gasteiger partial charge in [0.2, 0.25) is 0 Å². The predicted molar refractivity (Wildman–Crippen MR) is 87.6 cm³/mol. The summed E-state index contributed by atoms with van der Waals surface area (Å²) in [5.74, 6) is 0.622. The van der Waals surface area contributed by atoms with Gasteiger partial charge >= 0.3 is 0 Å². The molecular formula is C15H15N5O3S. The van der Waals surface area contributed by atoms with E-state index in [2.05, 4.69) is 20.2 Å². The summed E-state index contributed by atoms with van der Waals surface area (Å²) in [6.07, 6.45) is 1.43. The van der Waals surface area contributed by atoms with Crippen molar-refractivity contribution in [3.63, 3.8) is 0 Å². The molecule has 0 aliphatic carbocycles. The van der Waals surface area contributed by atoms with Crippen LogP contribution in [0.25, 0.3) is 5.69 Å². The van der Waals surface area contributed by atoms with E-state index in [1.54, 1.807) is 36.4 Å². The minimum absolute atomic E-state index is 0.152. The highest BCUT2D eigenvalue weighted by atomic mass is 32.2. The highest BCUT2D eigenvalue weighted by molar-refractivity contribution is 7.92. The lowest BCUT2D eigenvalue weighted by atomic mass is 10.3. The molecule has 2 aromatic carbocycles. The van der Waals surface area contributed by atoms with Gasteiger partial charge in [0.15, 0.2) is 0 Å². The van der Waals surface area contributed by atoms with Crippen LogP contribution in [0.15, 0.2) is 59.8 Å². The fourth-order valence-corrected chi connectivity index (χ4v) is 3.14. The maximum Gasteiger partial charge on any atom is 0.261 e. The minimum atomic E-state index is -3.70. The zero-order valence-corrected chi connectivity index (χ0v) is 13.6. The summed E-state index contributed by atoms with van der Waals surface area (Å²) in [5, 5.41) is 10.9. The summed E-state index contributed by atoms with van der Waals surface area (Å²) < 4.78 is 34.2. The number of nitrogens with zero attached hydrogens (tertiary/aromatic N) is 4. The van der Waals surface area contributed by atoms with E-state index in [9.17, 15) is 8.42 Å². The van der Waals surface area contributed by atoms with E-state index in [1.165, 1.54) is 23.1 Å². The molecular weight excluding hydrogens is 330 g/mol. The van der Waals surface area contributed by atoms with E-state index in [4.69, 9.17) is 4.74 Å². The van der Waals surface area contributed by atoms with Crippen molar-refractivity contribution < 1.29 is 13.2 Å². The lowest BCUT2D eigenvalue weighted by Gasteiger charge is -2.10. The summed E-state index contributed by atoms with van der Waals surface area (Å²) in [4.78, 5) is 0.152. The molecule has 0 atom stereocenters. The molecule has 9 heteroatoms. The van der Waals surface area contributed by atoms with Gasteiger partial charge in [-0.3, -0.25) is 4.72 Å². The Morgan fingerprint density at radius 1 is 1.17 bits per heavy atom. The largest absolute Gasteiger partial charge is 0.494 e. The number of nitrogens with one attached hydrogen (secondary N) is 1. The van der Waals surface area contributed by atoms with Gasteiger partial charge in [-0.1, -0.05) is 6.07 Å². The summed E-state index contributed by atoms with van der Waals surface area (Å²) in [6, 6.07) is 13.0. The van der Waals surface area contributed by atoms with Crippen LogP contribution in [-0.4, -0.2) is 35.2 Å². The van der Waals surface area contributed by atoms with E-state index in [0.717, 1.165) is 0 Å². The van der Waals surface area contributed by atoms with Crippen LogP contribution in [0, 0.1) is 0 Å². The fourth-order valence-electron chi connectivity index (χ4n) is 2.09. The normalized spacial score (nSPS) is 11.2. The highest BCUT2D eigenvalue weighted by Gasteiger charge is 2.14. The lowest BCUT2D eigenvalue weighted by Crippen LogP contribution is -2.13. The molecule has 3 aromatic rings. The molecule has 0 spiro atoms. The smallest absolute Gasteiger partial charge is 0.261 e. The molecule has 0 aliphatic rings. The number of sulfonamides is 1. The average molecular weight is 345 g/mol. The number of tetrazole rings is 1. The number of anilines is 1. The number of benzene rings is 2. The molecule has 3 rings (SSSR count). The third-order valence-corrected chi connectivity index (χ3v) is 4.55. The number of rotatable bonds is 6. The zero-order chi connectivity index (χ0) is 17.0.